The van der Waals surface area contributed by atoms with Crippen LogP contribution in [0.1, 0.15) is 25.5 Å². The van der Waals surface area contributed by atoms with E-state index < -0.39 is 0 Å². The Bertz CT molecular complexity index is 337. The van der Waals surface area contributed by atoms with Crippen molar-refractivity contribution >= 4 is 33.4 Å². The molecule has 1 rings (SSSR count). The van der Waals surface area contributed by atoms with Crippen LogP contribution >= 0.6 is 27.5 Å². The molecule has 0 bridgehead atoms. The molecular weight excluding hydrogens is 277 g/mol. The van der Waals surface area contributed by atoms with E-state index in [9.17, 15) is 4.79 Å². The first-order valence-electron chi connectivity index (χ1n) is 4.70. The molecule has 0 heterocycles. The Hall–Kier alpha value is -0.540. The largest absolute Gasteiger partial charge is 0.349 e. The lowest BCUT2D eigenvalue weighted by atomic mass is 10.1. The summed E-state index contributed by atoms with van der Waals surface area (Å²) in [5.74, 6) is -0.0162. The van der Waals surface area contributed by atoms with Gasteiger partial charge >= 0.3 is 0 Å². The van der Waals surface area contributed by atoms with E-state index in [1.165, 1.54) is 0 Å². The van der Waals surface area contributed by atoms with Crippen LogP contribution in [-0.4, -0.2) is 10.7 Å². The van der Waals surface area contributed by atoms with Crippen molar-refractivity contribution in [3.63, 3.8) is 0 Å². The molecule has 2 nitrogen and oxygen atoms in total. The van der Waals surface area contributed by atoms with Gasteiger partial charge in [-0.25, -0.2) is 0 Å². The van der Waals surface area contributed by atoms with Gasteiger partial charge in [0.1, 0.15) is 0 Å². The highest BCUT2D eigenvalue weighted by Gasteiger charge is 2.12. The molecule has 1 aromatic carbocycles. The van der Waals surface area contributed by atoms with Crippen LogP contribution in [0.2, 0.25) is 5.02 Å². The van der Waals surface area contributed by atoms with Crippen molar-refractivity contribution in [3.05, 3.63) is 34.9 Å². The zero-order valence-electron chi connectivity index (χ0n) is 8.63. The Kier molecular flexibility index (Phi) is 4.61. The molecule has 0 aliphatic carbocycles. The number of rotatable bonds is 3. The fourth-order valence-corrected chi connectivity index (χ4v) is 1.42. The molecule has 15 heavy (non-hydrogen) atoms. The summed E-state index contributed by atoms with van der Waals surface area (Å²) in [6, 6.07) is 7.45. The van der Waals surface area contributed by atoms with Gasteiger partial charge in [0.25, 0.3) is 0 Å². The minimum atomic E-state index is -0.174. The quantitative estimate of drug-likeness (QED) is 0.850. The number of benzene rings is 1. The molecule has 4 heteroatoms. The lowest BCUT2D eigenvalue weighted by Crippen LogP contribution is -2.31. The smallest absolute Gasteiger partial charge is 0.233 e. The van der Waals surface area contributed by atoms with Crippen molar-refractivity contribution < 1.29 is 4.79 Å². The minimum absolute atomic E-state index is 0.00485. The van der Waals surface area contributed by atoms with Gasteiger partial charge in [-0.15, -0.1) is 0 Å². The second-order valence-corrected chi connectivity index (χ2v) is 5.21. The van der Waals surface area contributed by atoms with Crippen LogP contribution in [0.4, 0.5) is 0 Å². The number of hydrogen-bond acceptors (Lipinski definition) is 1. The second-order valence-electron chi connectivity index (χ2n) is 3.40. The summed E-state index contributed by atoms with van der Waals surface area (Å²) in [6.45, 7) is 3.74. The van der Waals surface area contributed by atoms with Crippen molar-refractivity contribution in [1.82, 2.24) is 5.32 Å². The molecular formula is C11H13BrClNO. The average Bonchev–Trinajstić information content (AvgIpc) is 2.18. The van der Waals surface area contributed by atoms with E-state index in [1.54, 1.807) is 6.92 Å². The summed E-state index contributed by atoms with van der Waals surface area (Å²) < 4.78 is 0. The van der Waals surface area contributed by atoms with Crippen LogP contribution < -0.4 is 5.32 Å². The van der Waals surface area contributed by atoms with Gasteiger partial charge < -0.3 is 5.32 Å². The molecule has 0 aliphatic heterocycles. The Balaban J connectivity index is 2.65. The van der Waals surface area contributed by atoms with Crippen LogP contribution in [0.5, 0.6) is 0 Å². The molecule has 1 N–H and O–H groups in total. The zero-order valence-corrected chi connectivity index (χ0v) is 11.0. The topological polar surface area (TPSA) is 29.1 Å². The van der Waals surface area contributed by atoms with E-state index in [0.717, 1.165) is 5.56 Å². The minimum Gasteiger partial charge on any atom is -0.349 e. The van der Waals surface area contributed by atoms with Crippen LogP contribution in [0.25, 0.3) is 0 Å². The maximum absolute atomic E-state index is 11.4. The normalized spacial score (nSPS) is 14.4. The van der Waals surface area contributed by atoms with Gasteiger partial charge in [-0.05, 0) is 31.5 Å². The van der Waals surface area contributed by atoms with E-state index in [-0.39, 0.29) is 16.8 Å². The molecule has 0 aromatic heterocycles. The van der Waals surface area contributed by atoms with Gasteiger partial charge in [0, 0.05) is 5.02 Å². The Morgan fingerprint density at radius 3 is 2.33 bits per heavy atom. The number of nitrogens with one attached hydrogen (secondary N) is 1. The molecule has 1 aromatic rings. The summed E-state index contributed by atoms with van der Waals surface area (Å²) in [7, 11) is 0. The second kappa shape index (κ2) is 5.52. The van der Waals surface area contributed by atoms with Crippen LogP contribution in [0, 0.1) is 0 Å². The third-order valence-electron chi connectivity index (χ3n) is 2.09. The third-order valence-corrected chi connectivity index (χ3v) is 2.76. The number of alkyl halides is 1. The standard InChI is InChI=1S/C11H13BrClNO/c1-7(12)11(15)14-8(2)9-3-5-10(13)6-4-9/h3-8H,1-2H3,(H,14,15)/t7?,8-/m0/s1. The summed E-state index contributed by atoms with van der Waals surface area (Å²) in [6.07, 6.45) is 0. The van der Waals surface area contributed by atoms with Gasteiger partial charge in [0.05, 0.1) is 10.9 Å². The van der Waals surface area contributed by atoms with Gasteiger partial charge in [-0.2, -0.15) is 0 Å². The van der Waals surface area contributed by atoms with Crippen molar-refractivity contribution in [1.29, 1.82) is 0 Å². The molecule has 0 radical (unpaired) electrons. The van der Waals surface area contributed by atoms with Crippen molar-refractivity contribution in [2.75, 3.05) is 0 Å². The van der Waals surface area contributed by atoms with E-state index in [4.69, 9.17) is 11.6 Å². The monoisotopic (exact) mass is 289 g/mol. The highest BCUT2D eigenvalue weighted by Crippen LogP contribution is 2.16. The number of amides is 1. The first-order chi connectivity index (χ1) is 7.00. The lowest BCUT2D eigenvalue weighted by Gasteiger charge is -2.15. The molecule has 0 saturated heterocycles. The fraction of sp³-hybridized carbons (Fsp3) is 0.364. The van der Waals surface area contributed by atoms with Gasteiger partial charge in [0.15, 0.2) is 0 Å². The Labute approximate surface area is 103 Å². The molecule has 82 valence electrons. The maximum Gasteiger partial charge on any atom is 0.233 e. The first-order valence-corrected chi connectivity index (χ1v) is 6.00. The SMILES string of the molecule is CC(Br)C(=O)N[C@@H](C)c1ccc(Cl)cc1. The third kappa shape index (κ3) is 3.84. The molecule has 0 spiro atoms. The van der Waals surface area contributed by atoms with Gasteiger partial charge in [-0.3, -0.25) is 4.79 Å². The summed E-state index contributed by atoms with van der Waals surface area (Å²) >= 11 is 9.00. The Morgan fingerprint density at radius 2 is 1.87 bits per heavy atom. The van der Waals surface area contributed by atoms with Crippen molar-refractivity contribution in [3.8, 4) is 0 Å². The van der Waals surface area contributed by atoms with E-state index >= 15 is 0 Å². The number of halogens is 2. The Morgan fingerprint density at radius 1 is 1.33 bits per heavy atom. The molecule has 2 atom stereocenters. The van der Waals surface area contributed by atoms with E-state index in [2.05, 4.69) is 21.2 Å². The van der Waals surface area contributed by atoms with E-state index in [1.807, 2.05) is 31.2 Å². The van der Waals surface area contributed by atoms with Crippen LogP contribution in [0.15, 0.2) is 24.3 Å². The first kappa shape index (κ1) is 12.5. The predicted molar refractivity (Wildman–Crippen MR) is 66.4 cm³/mol. The zero-order chi connectivity index (χ0) is 11.4. The van der Waals surface area contributed by atoms with Crippen LogP contribution in [0.3, 0.4) is 0 Å². The highest BCUT2D eigenvalue weighted by atomic mass is 79.9. The molecule has 0 fully saturated rings. The summed E-state index contributed by atoms with van der Waals surface area (Å²) in [5.41, 5.74) is 1.04. The highest BCUT2D eigenvalue weighted by molar-refractivity contribution is 9.10. The van der Waals surface area contributed by atoms with E-state index in [0.29, 0.717) is 5.02 Å². The number of hydrogen-bond donors (Lipinski definition) is 1. The molecule has 1 unspecified atom stereocenters. The van der Waals surface area contributed by atoms with Crippen molar-refractivity contribution in [2.24, 2.45) is 0 Å². The lowest BCUT2D eigenvalue weighted by molar-refractivity contribution is -0.120. The van der Waals surface area contributed by atoms with Crippen molar-refractivity contribution in [2.45, 2.75) is 24.7 Å². The molecule has 0 saturated carbocycles. The molecule has 1 amide bonds. The maximum atomic E-state index is 11.4. The summed E-state index contributed by atoms with van der Waals surface area (Å²) in [5, 5.41) is 3.59. The number of carbonyl (C=O) groups excluding carboxylic acids is 1. The van der Waals surface area contributed by atoms with Gasteiger partial charge in [0.2, 0.25) is 5.91 Å². The van der Waals surface area contributed by atoms with Crippen LogP contribution in [-0.2, 0) is 4.79 Å². The summed E-state index contributed by atoms with van der Waals surface area (Å²) in [4.78, 5) is 11.2. The average molecular weight is 291 g/mol. The molecule has 0 aliphatic rings. The number of carbonyl (C=O) groups is 1. The fourth-order valence-electron chi connectivity index (χ4n) is 1.16. The van der Waals surface area contributed by atoms with Gasteiger partial charge in [-0.1, -0.05) is 39.7 Å². The predicted octanol–water partition coefficient (Wildman–Crippen LogP) is 3.30.